The first kappa shape index (κ1) is 14.9. The zero-order valence-corrected chi connectivity index (χ0v) is 13.3. The molecule has 0 unspecified atom stereocenters. The van der Waals surface area contributed by atoms with Crippen molar-refractivity contribution in [3.05, 3.63) is 46.2 Å². The van der Waals surface area contributed by atoms with Crippen LogP contribution in [0.15, 0.2) is 35.7 Å². The maximum atomic E-state index is 12.1. The molecule has 1 aromatic heterocycles. The first-order valence-corrected chi connectivity index (χ1v) is 7.84. The van der Waals surface area contributed by atoms with E-state index < -0.39 is 6.04 Å². The van der Waals surface area contributed by atoms with Gasteiger partial charge in [-0.2, -0.15) is 0 Å². The van der Waals surface area contributed by atoms with E-state index in [2.05, 4.69) is 0 Å². The van der Waals surface area contributed by atoms with E-state index in [9.17, 15) is 4.79 Å². The molecule has 1 aliphatic heterocycles. The van der Waals surface area contributed by atoms with Gasteiger partial charge in [0.1, 0.15) is 6.04 Å². The SMILES string of the molecule is COc1ccc(CN2C(=O)[C@@H](N)[C@@H]2c2cccs2)cc1OC. The van der Waals surface area contributed by atoms with Crippen molar-refractivity contribution in [1.29, 1.82) is 0 Å². The lowest BCUT2D eigenvalue weighted by molar-refractivity contribution is -0.150. The van der Waals surface area contributed by atoms with Crippen LogP contribution >= 0.6 is 11.3 Å². The summed E-state index contributed by atoms with van der Waals surface area (Å²) >= 11 is 1.62. The number of hydrogen-bond acceptors (Lipinski definition) is 5. The normalized spacial score (nSPS) is 20.7. The van der Waals surface area contributed by atoms with Crippen molar-refractivity contribution in [2.75, 3.05) is 14.2 Å². The van der Waals surface area contributed by atoms with Crippen molar-refractivity contribution in [3.8, 4) is 11.5 Å². The molecular formula is C16H18N2O3S. The highest BCUT2D eigenvalue weighted by molar-refractivity contribution is 7.10. The van der Waals surface area contributed by atoms with Crippen LogP contribution in [0.4, 0.5) is 0 Å². The molecule has 6 heteroatoms. The number of thiophene rings is 1. The second-order valence-corrected chi connectivity index (χ2v) is 6.12. The molecule has 2 N–H and O–H groups in total. The van der Waals surface area contributed by atoms with Crippen molar-refractivity contribution in [1.82, 2.24) is 4.90 Å². The van der Waals surface area contributed by atoms with E-state index >= 15 is 0 Å². The van der Waals surface area contributed by atoms with E-state index in [1.165, 1.54) is 0 Å². The Hall–Kier alpha value is -2.05. The molecule has 22 heavy (non-hydrogen) atoms. The number of rotatable bonds is 5. The Balaban J connectivity index is 1.81. The van der Waals surface area contributed by atoms with Crippen LogP contribution < -0.4 is 15.2 Å². The van der Waals surface area contributed by atoms with Crippen LogP contribution in [0.5, 0.6) is 11.5 Å². The van der Waals surface area contributed by atoms with Crippen LogP contribution in [0.2, 0.25) is 0 Å². The summed E-state index contributed by atoms with van der Waals surface area (Å²) in [5.74, 6) is 1.31. The van der Waals surface area contributed by atoms with Gasteiger partial charge in [0.05, 0.1) is 20.3 Å². The number of likely N-dealkylation sites (tertiary alicyclic amines) is 1. The Morgan fingerprint density at radius 3 is 2.64 bits per heavy atom. The van der Waals surface area contributed by atoms with Gasteiger partial charge in [-0.05, 0) is 29.1 Å². The number of nitrogens with two attached hydrogens (primary N) is 1. The Morgan fingerprint density at radius 2 is 2.00 bits per heavy atom. The van der Waals surface area contributed by atoms with Crippen LogP contribution in [0.25, 0.3) is 0 Å². The van der Waals surface area contributed by atoms with Gasteiger partial charge in [-0.15, -0.1) is 11.3 Å². The molecule has 116 valence electrons. The number of benzene rings is 1. The lowest BCUT2D eigenvalue weighted by Gasteiger charge is -2.45. The number of carbonyl (C=O) groups is 1. The highest BCUT2D eigenvalue weighted by atomic mass is 32.1. The molecule has 0 spiro atoms. The largest absolute Gasteiger partial charge is 0.493 e. The quantitative estimate of drug-likeness (QED) is 0.858. The molecule has 2 atom stereocenters. The van der Waals surface area contributed by atoms with E-state index in [0.29, 0.717) is 18.0 Å². The first-order valence-electron chi connectivity index (χ1n) is 6.96. The predicted molar refractivity (Wildman–Crippen MR) is 85.1 cm³/mol. The Bertz CT molecular complexity index is 672. The summed E-state index contributed by atoms with van der Waals surface area (Å²) in [6, 6.07) is 9.18. The van der Waals surface area contributed by atoms with Crippen LogP contribution in [-0.2, 0) is 11.3 Å². The van der Waals surface area contributed by atoms with Gasteiger partial charge in [-0.25, -0.2) is 0 Å². The minimum absolute atomic E-state index is 0.0202. The second kappa shape index (κ2) is 5.98. The third-order valence-corrected chi connectivity index (χ3v) is 4.82. The molecule has 1 saturated heterocycles. The molecule has 0 bridgehead atoms. The second-order valence-electron chi connectivity index (χ2n) is 5.14. The van der Waals surface area contributed by atoms with Gasteiger partial charge in [-0.1, -0.05) is 12.1 Å². The molecular weight excluding hydrogens is 300 g/mol. The van der Waals surface area contributed by atoms with Gasteiger partial charge < -0.3 is 20.1 Å². The average molecular weight is 318 g/mol. The summed E-state index contributed by atoms with van der Waals surface area (Å²) in [4.78, 5) is 15.0. The highest BCUT2D eigenvalue weighted by Gasteiger charge is 2.46. The molecule has 1 amide bonds. The van der Waals surface area contributed by atoms with Crippen molar-refractivity contribution in [2.45, 2.75) is 18.6 Å². The number of β-lactam (4-membered cyclic amide) rings is 1. The predicted octanol–water partition coefficient (Wildman–Crippen LogP) is 2.18. The van der Waals surface area contributed by atoms with Gasteiger partial charge in [-0.3, -0.25) is 4.79 Å². The smallest absolute Gasteiger partial charge is 0.242 e. The third kappa shape index (κ3) is 2.44. The summed E-state index contributed by atoms with van der Waals surface area (Å²) in [6.45, 7) is 0.509. The Morgan fingerprint density at radius 1 is 1.23 bits per heavy atom. The first-order chi connectivity index (χ1) is 10.7. The van der Waals surface area contributed by atoms with Gasteiger partial charge in [0.2, 0.25) is 5.91 Å². The van der Waals surface area contributed by atoms with E-state index in [4.69, 9.17) is 15.2 Å². The number of ether oxygens (including phenoxy) is 2. The zero-order chi connectivity index (χ0) is 15.7. The van der Waals surface area contributed by atoms with Crippen molar-refractivity contribution < 1.29 is 14.3 Å². The van der Waals surface area contributed by atoms with Crippen molar-refractivity contribution in [2.24, 2.45) is 5.73 Å². The molecule has 1 aromatic carbocycles. The summed E-state index contributed by atoms with van der Waals surface area (Å²) in [5.41, 5.74) is 6.96. The van der Waals surface area contributed by atoms with E-state index in [1.807, 2.05) is 35.7 Å². The summed E-state index contributed by atoms with van der Waals surface area (Å²) in [6.07, 6.45) is 0. The standard InChI is InChI=1S/C16H18N2O3S/c1-20-11-6-5-10(8-12(11)21-2)9-18-15(14(17)16(18)19)13-4-3-7-22-13/h3-8,14-15H,9,17H2,1-2H3/t14-,15-/m0/s1. The maximum absolute atomic E-state index is 12.1. The summed E-state index contributed by atoms with van der Waals surface area (Å²) in [7, 11) is 3.20. The van der Waals surface area contributed by atoms with Crippen LogP contribution in [-0.4, -0.2) is 31.1 Å². The van der Waals surface area contributed by atoms with Crippen LogP contribution in [0.1, 0.15) is 16.5 Å². The number of amides is 1. The molecule has 0 saturated carbocycles. The molecule has 1 aliphatic rings. The van der Waals surface area contributed by atoms with Gasteiger partial charge in [0, 0.05) is 11.4 Å². The third-order valence-electron chi connectivity index (χ3n) is 3.88. The molecule has 5 nitrogen and oxygen atoms in total. The number of methoxy groups -OCH3 is 2. The number of hydrogen-bond donors (Lipinski definition) is 1. The topological polar surface area (TPSA) is 64.8 Å². The zero-order valence-electron chi connectivity index (χ0n) is 12.5. The minimum Gasteiger partial charge on any atom is -0.493 e. The van der Waals surface area contributed by atoms with Crippen LogP contribution in [0, 0.1) is 0 Å². The van der Waals surface area contributed by atoms with E-state index in [-0.39, 0.29) is 11.9 Å². The molecule has 0 radical (unpaired) electrons. The minimum atomic E-state index is -0.446. The maximum Gasteiger partial charge on any atom is 0.242 e. The van der Waals surface area contributed by atoms with Gasteiger partial charge in [0.15, 0.2) is 11.5 Å². The average Bonchev–Trinajstić information content (AvgIpc) is 3.07. The molecule has 3 rings (SSSR count). The fourth-order valence-electron chi connectivity index (χ4n) is 2.72. The fourth-order valence-corrected chi connectivity index (χ4v) is 3.60. The lowest BCUT2D eigenvalue weighted by atomic mass is 9.93. The highest BCUT2D eigenvalue weighted by Crippen LogP contribution is 2.38. The summed E-state index contributed by atoms with van der Waals surface area (Å²) in [5, 5.41) is 2.00. The van der Waals surface area contributed by atoms with E-state index in [1.54, 1.807) is 30.5 Å². The monoisotopic (exact) mass is 318 g/mol. The number of carbonyl (C=O) groups excluding carboxylic acids is 1. The molecule has 2 heterocycles. The Labute approximate surface area is 133 Å². The lowest BCUT2D eigenvalue weighted by Crippen LogP contribution is -2.62. The number of nitrogens with zero attached hydrogens (tertiary/aromatic N) is 1. The van der Waals surface area contributed by atoms with Crippen LogP contribution in [0.3, 0.4) is 0 Å². The Kier molecular flexibility index (Phi) is 4.04. The molecule has 0 aliphatic carbocycles. The van der Waals surface area contributed by atoms with Gasteiger partial charge >= 0.3 is 0 Å². The van der Waals surface area contributed by atoms with Crippen molar-refractivity contribution >= 4 is 17.2 Å². The van der Waals surface area contributed by atoms with Gasteiger partial charge in [0.25, 0.3) is 0 Å². The molecule has 2 aromatic rings. The fraction of sp³-hybridized carbons (Fsp3) is 0.312. The molecule has 1 fully saturated rings. The van der Waals surface area contributed by atoms with Crippen molar-refractivity contribution in [3.63, 3.8) is 0 Å². The summed E-state index contributed by atoms with van der Waals surface area (Å²) < 4.78 is 10.5. The van der Waals surface area contributed by atoms with E-state index in [0.717, 1.165) is 10.4 Å².